The quantitative estimate of drug-likeness (QED) is 0.860. The van der Waals surface area contributed by atoms with Crippen molar-refractivity contribution in [2.45, 2.75) is 57.0 Å². The number of piperidine rings is 1. The number of carbonyl (C=O) groups is 2. The molecular formula is C20H27N3O2. The largest absolute Gasteiger partial charge is 0.326 e. The number of carbonyl (C=O) groups excluding carboxylic acids is 2. The van der Waals surface area contributed by atoms with Crippen LogP contribution in [-0.4, -0.2) is 41.0 Å². The Hall–Kier alpha value is -1.88. The van der Waals surface area contributed by atoms with Crippen LogP contribution in [0.15, 0.2) is 30.3 Å². The van der Waals surface area contributed by atoms with Gasteiger partial charge in [-0.15, -0.1) is 0 Å². The van der Waals surface area contributed by atoms with Crippen LogP contribution in [-0.2, 0) is 10.3 Å². The summed E-state index contributed by atoms with van der Waals surface area (Å²) >= 11 is 0. The number of hydrogen-bond acceptors (Lipinski definition) is 3. The highest BCUT2D eigenvalue weighted by molar-refractivity contribution is 6.07. The van der Waals surface area contributed by atoms with Crippen LogP contribution >= 0.6 is 0 Å². The molecule has 3 amide bonds. The molecule has 1 saturated carbocycles. The lowest BCUT2D eigenvalue weighted by Crippen LogP contribution is -2.52. The minimum atomic E-state index is -0.958. The molecule has 1 aromatic carbocycles. The van der Waals surface area contributed by atoms with Gasteiger partial charge in [0, 0.05) is 12.6 Å². The van der Waals surface area contributed by atoms with Crippen molar-refractivity contribution in [2.75, 3.05) is 13.2 Å². The van der Waals surface area contributed by atoms with Crippen molar-refractivity contribution in [3.8, 4) is 0 Å². The van der Waals surface area contributed by atoms with E-state index in [0.29, 0.717) is 12.7 Å². The maximum Gasteiger partial charge on any atom is 0.326 e. The van der Waals surface area contributed by atoms with E-state index in [4.69, 9.17) is 0 Å². The van der Waals surface area contributed by atoms with Crippen LogP contribution in [0.4, 0.5) is 4.79 Å². The van der Waals surface area contributed by atoms with Gasteiger partial charge >= 0.3 is 6.03 Å². The number of amides is 3. The predicted molar refractivity (Wildman–Crippen MR) is 95.7 cm³/mol. The van der Waals surface area contributed by atoms with Gasteiger partial charge < -0.3 is 5.32 Å². The topological polar surface area (TPSA) is 52.7 Å². The van der Waals surface area contributed by atoms with Crippen LogP contribution in [0.25, 0.3) is 0 Å². The van der Waals surface area contributed by atoms with Crippen molar-refractivity contribution in [1.82, 2.24) is 15.1 Å². The Morgan fingerprint density at radius 1 is 1.08 bits per heavy atom. The molecule has 5 nitrogen and oxygen atoms in total. The Morgan fingerprint density at radius 3 is 2.60 bits per heavy atom. The van der Waals surface area contributed by atoms with Gasteiger partial charge in [0.15, 0.2) is 0 Å². The van der Waals surface area contributed by atoms with E-state index in [9.17, 15) is 9.59 Å². The lowest BCUT2D eigenvalue weighted by atomic mass is 9.78. The summed E-state index contributed by atoms with van der Waals surface area (Å²) in [6, 6.07) is 9.79. The molecule has 1 N–H and O–H groups in total. The molecule has 3 fully saturated rings. The van der Waals surface area contributed by atoms with Gasteiger partial charge in [-0.25, -0.2) is 9.69 Å². The van der Waals surface area contributed by atoms with Crippen molar-refractivity contribution in [1.29, 1.82) is 0 Å². The second-order valence-corrected chi connectivity index (χ2v) is 7.86. The molecule has 0 aromatic heterocycles. The Balaban J connectivity index is 1.53. The van der Waals surface area contributed by atoms with Gasteiger partial charge in [0.05, 0.1) is 6.67 Å². The molecule has 134 valence electrons. The summed E-state index contributed by atoms with van der Waals surface area (Å²) < 4.78 is 0. The summed E-state index contributed by atoms with van der Waals surface area (Å²) in [6.45, 7) is 3.22. The van der Waals surface area contributed by atoms with Crippen LogP contribution in [0.5, 0.6) is 0 Å². The van der Waals surface area contributed by atoms with Gasteiger partial charge in [-0.3, -0.25) is 9.69 Å². The predicted octanol–water partition coefficient (Wildman–Crippen LogP) is 3.07. The highest BCUT2D eigenvalue weighted by atomic mass is 16.2. The number of urea groups is 1. The summed E-state index contributed by atoms with van der Waals surface area (Å²) in [5.74, 6) is 0.602. The van der Waals surface area contributed by atoms with E-state index in [-0.39, 0.29) is 11.9 Å². The Labute approximate surface area is 149 Å². The van der Waals surface area contributed by atoms with E-state index < -0.39 is 5.54 Å². The van der Waals surface area contributed by atoms with Crippen molar-refractivity contribution in [3.05, 3.63) is 35.9 Å². The molecule has 25 heavy (non-hydrogen) atoms. The van der Waals surface area contributed by atoms with Crippen LogP contribution in [0.2, 0.25) is 0 Å². The van der Waals surface area contributed by atoms with Gasteiger partial charge in [-0.1, -0.05) is 43.2 Å². The van der Waals surface area contributed by atoms with E-state index in [1.165, 1.54) is 43.4 Å². The fraction of sp³-hybridized carbons (Fsp3) is 0.600. The second kappa shape index (κ2) is 6.45. The summed E-state index contributed by atoms with van der Waals surface area (Å²) in [7, 11) is 0. The van der Waals surface area contributed by atoms with Crippen LogP contribution < -0.4 is 5.32 Å². The number of hydrogen-bond donors (Lipinski definition) is 1. The second-order valence-electron chi connectivity index (χ2n) is 7.86. The summed E-state index contributed by atoms with van der Waals surface area (Å²) in [5.41, 5.74) is -0.120. The molecule has 0 spiro atoms. The molecule has 2 saturated heterocycles. The number of benzene rings is 1. The molecule has 2 heterocycles. The number of nitrogens with one attached hydrogen (secondary N) is 1. The first-order valence-electron chi connectivity index (χ1n) is 9.53. The first-order chi connectivity index (χ1) is 12.1. The molecule has 1 aliphatic carbocycles. The van der Waals surface area contributed by atoms with Gasteiger partial charge in [0.2, 0.25) is 0 Å². The standard InChI is InChI=1S/C20H27N3O2/c1-20(16-10-3-2-4-11-16)18(24)23(19(25)21-20)14-22-13-7-9-15-8-5-6-12-17(15)22/h2-4,10-11,15,17H,5-9,12-14H2,1H3,(H,21,25)/t15-,17+,20-/m1/s1. The van der Waals surface area contributed by atoms with Crippen LogP contribution in [0.1, 0.15) is 51.0 Å². The third-order valence-electron chi connectivity index (χ3n) is 6.31. The molecule has 5 heteroatoms. The average Bonchev–Trinajstić information content (AvgIpc) is 2.87. The molecule has 0 radical (unpaired) electrons. The van der Waals surface area contributed by atoms with Crippen molar-refractivity contribution < 1.29 is 9.59 Å². The van der Waals surface area contributed by atoms with Gasteiger partial charge in [0.1, 0.15) is 5.54 Å². The zero-order valence-corrected chi connectivity index (χ0v) is 14.9. The first-order valence-corrected chi connectivity index (χ1v) is 9.53. The van der Waals surface area contributed by atoms with Crippen molar-refractivity contribution >= 4 is 11.9 Å². The lowest BCUT2D eigenvalue weighted by molar-refractivity contribution is -0.133. The molecule has 1 aromatic rings. The minimum absolute atomic E-state index is 0.137. The summed E-state index contributed by atoms with van der Waals surface area (Å²) in [6.07, 6.45) is 7.54. The summed E-state index contributed by atoms with van der Waals surface area (Å²) in [5, 5.41) is 2.92. The highest BCUT2D eigenvalue weighted by Crippen LogP contribution is 2.36. The third kappa shape index (κ3) is 2.84. The zero-order chi connectivity index (χ0) is 17.4. The van der Waals surface area contributed by atoms with E-state index in [1.54, 1.807) is 0 Å². The molecular weight excluding hydrogens is 314 g/mol. The van der Waals surface area contributed by atoms with Gasteiger partial charge in [-0.05, 0) is 44.1 Å². The van der Waals surface area contributed by atoms with E-state index in [0.717, 1.165) is 18.0 Å². The fourth-order valence-corrected chi connectivity index (χ4v) is 4.88. The molecule has 0 unspecified atom stereocenters. The van der Waals surface area contributed by atoms with Crippen molar-refractivity contribution in [3.63, 3.8) is 0 Å². The lowest BCUT2D eigenvalue weighted by Gasteiger charge is -2.45. The number of rotatable bonds is 3. The van der Waals surface area contributed by atoms with Crippen LogP contribution in [0, 0.1) is 5.92 Å². The summed E-state index contributed by atoms with van der Waals surface area (Å²) in [4.78, 5) is 29.5. The highest BCUT2D eigenvalue weighted by Gasteiger charge is 2.50. The number of nitrogens with zero attached hydrogens (tertiary/aromatic N) is 2. The minimum Gasteiger partial charge on any atom is -0.319 e. The molecule has 3 aliphatic rings. The van der Waals surface area contributed by atoms with Gasteiger partial charge in [-0.2, -0.15) is 0 Å². The normalized spacial score (nSPS) is 33.2. The Morgan fingerprint density at radius 2 is 1.80 bits per heavy atom. The van der Waals surface area contributed by atoms with Crippen LogP contribution in [0.3, 0.4) is 0 Å². The fourth-order valence-electron chi connectivity index (χ4n) is 4.88. The maximum atomic E-state index is 13.1. The van der Waals surface area contributed by atoms with Crippen molar-refractivity contribution in [2.24, 2.45) is 5.92 Å². The number of imide groups is 1. The number of likely N-dealkylation sites (tertiary alicyclic amines) is 1. The molecule has 2 aliphatic heterocycles. The molecule has 4 rings (SSSR count). The SMILES string of the molecule is C[C@]1(c2ccccc2)NC(=O)N(CN2CCC[C@H]3CCCC[C@@H]32)C1=O. The van der Waals surface area contributed by atoms with Gasteiger partial charge in [0.25, 0.3) is 5.91 Å². The molecule has 0 bridgehead atoms. The Kier molecular flexibility index (Phi) is 4.28. The Bertz CT molecular complexity index is 660. The third-order valence-corrected chi connectivity index (χ3v) is 6.31. The zero-order valence-electron chi connectivity index (χ0n) is 14.9. The number of fused-ring (bicyclic) bond motifs is 1. The first kappa shape index (κ1) is 16.6. The smallest absolute Gasteiger partial charge is 0.319 e. The van der Waals surface area contributed by atoms with E-state index >= 15 is 0 Å². The maximum absolute atomic E-state index is 13.1. The van der Waals surface area contributed by atoms with E-state index in [2.05, 4.69) is 10.2 Å². The average molecular weight is 341 g/mol. The molecule has 3 atom stereocenters. The van der Waals surface area contributed by atoms with E-state index in [1.807, 2.05) is 37.3 Å². The monoisotopic (exact) mass is 341 g/mol.